The Hall–Kier alpha value is -0.910. The van der Waals surface area contributed by atoms with Crippen molar-refractivity contribution in [3.8, 4) is 0 Å². The first-order valence-corrected chi connectivity index (χ1v) is 9.79. The fourth-order valence-electron chi connectivity index (χ4n) is 3.53. The van der Waals surface area contributed by atoms with E-state index in [4.69, 9.17) is 4.74 Å². The minimum absolute atomic E-state index is 0.226. The molecule has 1 aromatic rings. The van der Waals surface area contributed by atoms with Crippen LogP contribution < -0.4 is 5.32 Å². The summed E-state index contributed by atoms with van der Waals surface area (Å²) in [4.78, 5) is 16.0. The molecule has 2 fully saturated rings. The molecule has 1 amide bonds. The van der Waals surface area contributed by atoms with E-state index in [9.17, 15) is 4.79 Å². The predicted octanol–water partition coefficient (Wildman–Crippen LogP) is 2.69. The monoisotopic (exact) mass is 336 g/mol. The van der Waals surface area contributed by atoms with Gasteiger partial charge in [0.05, 0.1) is 6.61 Å². The highest BCUT2D eigenvalue weighted by molar-refractivity contribution is 7.09. The van der Waals surface area contributed by atoms with Gasteiger partial charge in [-0.3, -0.25) is 4.79 Å². The van der Waals surface area contributed by atoms with Crippen LogP contribution in [0.25, 0.3) is 0 Å². The Morgan fingerprint density at radius 3 is 2.91 bits per heavy atom. The molecule has 1 atom stereocenters. The van der Waals surface area contributed by atoms with Crippen LogP contribution in [0.4, 0.5) is 0 Å². The number of thiophene rings is 1. The zero-order valence-corrected chi connectivity index (χ0v) is 14.7. The number of piperidine rings is 1. The first-order chi connectivity index (χ1) is 11.3. The Morgan fingerprint density at radius 1 is 1.35 bits per heavy atom. The zero-order chi connectivity index (χ0) is 15.9. The lowest BCUT2D eigenvalue weighted by Gasteiger charge is -2.33. The summed E-state index contributed by atoms with van der Waals surface area (Å²) in [5, 5.41) is 5.32. The number of nitrogens with one attached hydrogen (secondary N) is 1. The molecule has 0 saturated carbocycles. The molecule has 128 valence electrons. The van der Waals surface area contributed by atoms with Crippen molar-refractivity contribution < 1.29 is 9.53 Å². The number of carbonyl (C=O) groups excluding carboxylic acids is 1. The van der Waals surface area contributed by atoms with Crippen LogP contribution in [0.3, 0.4) is 0 Å². The Balaban J connectivity index is 1.28. The third kappa shape index (κ3) is 5.59. The van der Waals surface area contributed by atoms with Crippen LogP contribution in [-0.4, -0.2) is 49.7 Å². The minimum Gasteiger partial charge on any atom is -0.381 e. The summed E-state index contributed by atoms with van der Waals surface area (Å²) in [6.45, 7) is 5.25. The lowest BCUT2D eigenvalue weighted by atomic mass is 10.0. The van der Waals surface area contributed by atoms with Crippen LogP contribution in [0.5, 0.6) is 0 Å². The summed E-state index contributed by atoms with van der Waals surface area (Å²) in [6.07, 6.45) is 6.01. The van der Waals surface area contributed by atoms with E-state index < -0.39 is 0 Å². The molecule has 0 bridgehead atoms. The maximum Gasteiger partial charge on any atom is 0.220 e. The zero-order valence-electron chi connectivity index (χ0n) is 13.8. The molecule has 4 nitrogen and oxygen atoms in total. The van der Waals surface area contributed by atoms with Gasteiger partial charge in [-0.1, -0.05) is 6.07 Å². The summed E-state index contributed by atoms with van der Waals surface area (Å²) in [5.41, 5.74) is 0. The van der Waals surface area contributed by atoms with E-state index in [0.29, 0.717) is 12.5 Å². The summed E-state index contributed by atoms with van der Waals surface area (Å²) in [7, 11) is 0. The normalized spacial score (nSPS) is 23.2. The minimum atomic E-state index is 0.226. The molecule has 0 aliphatic carbocycles. The number of hydrogen-bond acceptors (Lipinski definition) is 4. The van der Waals surface area contributed by atoms with Crippen molar-refractivity contribution in [2.45, 2.75) is 44.6 Å². The van der Waals surface area contributed by atoms with Gasteiger partial charge >= 0.3 is 0 Å². The summed E-state index contributed by atoms with van der Waals surface area (Å²) in [5.74, 6) is 0.947. The molecule has 0 radical (unpaired) electrons. The average molecular weight is 337 g/mol. The smallest absolute Gasteiger partial charge is 0.220 e. The number of carbonyl (C=O) groups is 1. The Kier molecular flexibility index (Phi) is 6.48. The molecule has 1 unspecified atom stereocenters. The lowest BCUT2D eigenvalue weighted by molar-refractivity contribution is -0.122. The molecule has 1 aromatic heterocycles. The molecule has 0 spiro atoms. The molecule has 2 saturated heterocycles. The van der Waals surface area contributed by atoms with Gasteiger partial charge in [0.2, 0.25) is 5.91 Å². The molecule has 2 aliphatic rings. The summed E-state index contributed by atoms with van der Waals surface area (Å²) in [6, 6.07) is 4.60. The van der Waals surface area contributed by atoms with Crippen LogP contribution in [0.15, 0.2) is 17.5 Å². The van der Waals surface area contributed by atoms with Gasteiger partial charge in [0.15, 0.2) is 0 Å². The first-order valence-electron chi connectivity index (χ1n) is 8.91. The molecule has 5 heteroatoms. The van der Waals surface area contributed by atoms with Crippen molar-refractivity contribution in [3.05, 3.63) is 22.4 Å². The van der Waals surface area contributed by atoms with E-state index in [1.807, 2.05) is 0 Å². The number of aryl methyl sites for hydroxylation is 1. The third-order valence-corrected chi connectivity index (χ3v) is 5.84. The number of nitrogens with zero attached hydrogens (tertiary/aromatic N) is 1. The SMILES string of the molecule is O=C(CCCc1cccs1)NC1CCN(CC2CCOC2)CC1. The number of ether oxygens (including phenoxy) is 1. The van der Waals surface area contributed by atoms with Crippen molar-refractivity contribution in [2.75, 3.05) is 32.8 Å². The highest BCUT2D eigenvalue weighted by Crippen LogP contribution is 2.18. The Labute approximate surface area is 143 Å². The van der Waals surface area contributed by atoms with E-state index in [1.54, 1.807) is 11.3 Å². The van der Waals surface area contributed by atoms with Crippen molar-refractivity contribution >= 4 is 17.2 Å². The number of hydrogen-bond donors (Lipinski definition) is 1. The Morgan fingerprint density at radius 2 is 2.22 bits per heavy atom. The lowest BCUT2D eigenvalue weighted by Crippen LogP contribution is -2.45. The van der Waals surface area contributed by atoms with Gasteiger partial charge in [0.1, 0.15) is 0 Å². The molecule has 2 aliphatic heterocycles. The van der Waals surface area contributed by atoms with Crippen LogP contribution >= 0.6 is 11.3 Å². The average Bonchev–Trinajstić information content (AvgIpc) is 3.23. The van der Waals surface area contributed by atoms with E-state index in [0.717, 1.165) is 57.9 Å². The standard InChI is InChI=1S/C18H28N2O2S/c21-18(5-1-3-17-4-2-12-23-17)19-16-6-9-20(10-7-16)13-15-8-11-22-14-15/h2,4,12,15-16H,1,3,5-11,13-14H2,(H,19,21). The van der Waals surface area contributed by atoms with Gasteiger partial charge in [-0.2, -0.15) is 0 Å². The van der Waals surface area contributed by atoms with E-state index in [1.165, 1.54) is 17.8 Å². The molecule has 0 aromatic carbocycles. The van der Waals surface area contributed by atoms with E-state index in [2.05, 4.69) is 27.7 Å². The second kappa shape index (κ2) is 8.81. The van der Waals surface area contributed by atoms with Crippen molar-refractivity contribution in [1.29, 1.82) is 0 Å². The highest BCUT2D eigenvalue weighted by atomic mass is 32.1. The molecular weight excluding hydrogens is 308 g/mol. The van der Waals surface area contributed by atoms with Crippen molar-refractivity contribution in [2.24, 2.45) is 5.92 Å². The van der Waals surface area contributed by atoms with Crippen molar-refractivity contribution in [3.63, 3.8) is 0 Å². The summed E-state index contributed by atoms with van der Waals surface area (Å²) < 4.78 is 5.45. The maximum atomic E-state index is 12.1. The maximum absolute atomic E-state index is 12.1. The van der Waals surface area contributed by atoms with Crippen LogP contribution in [0, 0.1) is 5.92 Å². The van der Waals surface area contributed by atoms with Crippen LogP contribution in [0.2, 0.25) is 0 Å². The molecule has 3 rings (SSSR count). The van der Waals surface area contributed by atoms with Gasteiger partial charge < -0.3 is 15.0 Å². The van der Waals surface area contributed by atoms with Gasteiger partial charge in [-0.15, -0.1) is 11.3 Å². The van der Waals surface area contributed by atoms with Crippen LogP contribution in [-0.2, 0) is 16.0 Å². The molecule has 23 heavy (non-hydrogen) atoms. The number of amides is 1. The quantitative estimate of drug-likeness (QED) is 0.832. The Bertz CT molecular complexity index is 463. The molecule has 1 N–H and O–H groups in total. The van der Waals surface area contributed by atoms with Crippen molar-refractivity contribution in [1.82, 2.24) is 10.2 Å². The second-order valence-corrected chi connectivity index (χ2v) is 7.84. The van der Waals surface area contributed by atoms with Gasteiger partial charge in [-0.05, 0) is 49.5 Å². The van der Waals surface area contributed by atoms with E-state index >= 15 is 0 Å². The van der Waals surface area contributed by atoms with E-state index in [-0.39, 0.29) is 5.91 Å². The van der Waals surface area contributed by atoms with Gasteiger partial charge in [0, 0.05) is 43.6 Å². The second-order valence-electron chi connectivity index (χ2n) is 6.80. The summed E-state index contributed by atoms with van der Waals surface area (Å²) >= 11 is 1.78. The molecule has 3 heterocycles. The highest BCUT2D eigenvalue weighted by Gasteiger charge is 2.24. The van der Waals surface area contributed by atoms with Gasteiger partial charge in [-0.25, -0.2) is 0 Å². The fraction of sp³-hybridized carbons (Fsp3) is 0.722. The van der Waals surface area contributed by atoms with Crippen LogP contribution in [0.1, 0.15) is 37.0 Å². The number of rotatable bonds is 7. The number of likely N-dealkylation sites (tertiary alicyclic amines) is 1. The fourth-order valence-corrected chi connectivity index (χ4v) is 4.28. The predicted molar refractivity (Wildman–Crippen MR) is 93.8 cm³/mol. The third-order valence-electron chi connectivity index (χ3n) is 4.90. The molecular formula is C18H28N2O2S. The first kappa shape index (κ1) is 16.9. The topological polar surface area (TPSA) is 41.6 Å². The largest absolute Gasteiger partial charge is 0.381 e. The van der Waals surface area contributed by atoms with Gasteiger partial charge in [0.25, 0.3) is 0 Å².